The second-order valence-corrected chi connectivity index (χ2v) is 2.77. The van der Waals surface area contributed by atoms with E-state index in [-0.39, 0.29) is 0 Å². The molecule has 0 fully saturated rings. The van der Waals surface area contributed by atoms with Crippen LogP contribution in [-0.2, 0) is 0 Å². The number of nitriles is 1. The average molecular weight is 161 g/mol. The van der Waals surface area contributed by atoms with Crippen LogP contribution in [0.1, 0.15) is 6.92 Å². The van der Waals surface area contributed by atoms with Gasteiger partial charge in [0.2, 0.25) is 0 Å². The van der Waals surface area contributed by atoms with E-state index in [9.17, 15) is 0 Å². The highest BCUT2D eigenvalue weighted by molar-refractivity contribution is 5.67. The van der Waals surface area contributed by atoms with Crippen molar-refractivity contribution in [1.29, 1.82) is 5.26 Å². The van der Waals surface area contributed by atoms with Gasteiger partial charge in [0.05, 0.1) is 11.6 Å². The van der Waals surface area contributed by atoms with Crippen molar-refractivity contribution in [3.05, 3.63) is 35.6 Å². The summed E-state index contributed by atoms with van der Waals surface area (Å²) in [6.07, 6.45) is 3.46. The number of nitrogens with zero attached hydrogens (tertiary/aromatic N) is 1. The summed E-state index contributed by atoms with van der Waals surface area (Å²) in [5, 5.41) is 8.67. The molecule has 1 aliphatic rings. The van der Waals surface area contributed by atoms with Crippen LogP contribution in [0.5, 0.6) is 0 Å². The number of hydrogen-bond donors (Lipinski definition) is 2. The molecule has 0 bridgehead atoms. The molecule has 0 heterocycles. The standard InChI is InChI=1S/C9H11N3/c1-3-7(5-10)8-4-9(8,12)6(2)11/h3-4H,2,11-12H2,1H3/b7-3-/t9-/m0/s1. The minimum absolute atomic E-state index is 0.382. The third-order valence-corrected chi connectivity index (χ3v) is 1.96. The van der Waals surface area contributed by atoms with Gasteiger partial charge < -0.3 is 11.5 Å². The van der Waals surface area contributed by atoms with E-state index in [0.717, 1.165) is 5.57 Å². The molecule has 0 aromatic heterocycles. The lowest BCUT2D eigenvalue weighted by molar-refractivity contribution is 0.833. The highest BCUT2D eigenvalue weighted by Crippen LogP contribution is 2.40. The van der Waals surface area contributed by atoms with Gasteiger partial charge in [-0.15, -0.1) is 0 Å². The summed E-state index contributed by atoms with van der Waals surface area (Å²) in [4.78, 5) is 0. The number of allylic oxidation sites excluding steroid dienone is 1. The van der Waals surface area contributed by atoms with Crippen LogP contribution in [0.25, 0.3) is 0 Å². The second-order valence-electron chi connectivity index (χ2n) is 2.77. The fourth-order valence-corrected chi connectivity index (χ4v) is 1.04. The molecule has 0 saturated heterocycles. The van der Waals surface area contributed by atoms with Gasteiger partial charge in [-0.2, -0.15) is 5.26 Å². The molecule has 0 aliphatic heterocycles. The Morgan fingerprint density at radius 2 is 2.42 bits per heavy atom. The molecule has 0 radical (unpaired) electrons. The molecule has 62 valence electrons. The molecule has 0 spiro atoms. The fraction of sp³-hybridized carbons (Fsp3) is 0.222. The van der Waals surface area contributed by atoms with Gasteiger partial charge >= 0.3 is 0 Å². The monoisotopic (exact) mass is 161 g/mol. The Bertz CT molecular complexity index is 330. The van der Waals surface area contributed by atoms with Gasteiger partial charge in [0, 0.05) is 5.70 Å². The van der Waals surface area contributed by atoms with Gasteiger partial charge in [0.25, 0.3) is 0 Å². The number of nitrogens with two attached hydrogens (primary N) is 2. The Morgan fingerprint density at radius 3 is 2.67 bits per heavy atom. The molecule has 0 aromatic rings. The highest BCUT2D eigenvalue weighted by atomic mass is 14.9. The van der Waals surface area contributed by atoms with Crippen LogP contribution in [0, 0.1) is 11.3 Å². The van der Waals surface area contributed by atoms with Gasteiger partial charge in [-0.1, -0.05) is 12.7 Å². The van der Waals surface area contributed by atoms with Gasteiger partial charge in [-0.05, 0) is 18.6 Å². The topological polar surface area (TPSA) is 75.8 Å². The summed E-state index contributed by atoms with van der Waals surface area (Å²) >= 11 is 0. The zero-order valence-electron chi connectivity index (χ0n) is 6.96. The molecule has 0 saturated carbocycles. The van der Waals surface area contributed by atoms with Crippen molar-refractivity contribution in [3.63, 3.8) is 0 Å². The quantitative estimate of drug-likeness (QED) is 0.581. The van der Waals surface area contributed by atoms with Crippen LogP contribution in [0.4, 0.5) is 0 Å². The van der Waals surface area contributed by atoms with E-state index in [2.05, 4.69) is 6.58 Å². The highest BCUT2D eigenvalue weighted by Gasteiger charge is 2.43. The van der Waals surface area contributed by atoms with Gasteiger partial charge in [0.1, 0.15) is 5.54 Å². The molecular weight excluding hydrogens is 150 g/mol. The average Bonchev–Trinajstić information content (AvgIpc) is 2.67. The van der Waals surface area contributed by atoms with Crippen LogP contribution >= 0.6 is 0 Å². The first-order valence-corrected chi connectivity index (χ1v) is 3.60. The third kappa shape index (κ3) is 1.03. The van der Waals surface area contributed by atoms with E-state index in [4.69, 9.17) is 16.7 Å². The first-order valence-electron chi connectivity index (χ1n) is 3.60. The molecular formula is C9H11N3. The Labute approximate surface area is 71.7 Å². The zero-order chi connectivity index (χ0) is 9.35. The van der Waals surface area contributed by atoms with E-state index in [1.54, 1.807) is 19.1 Å². The van der Waals surface area contributed by atoms with Gasteiger partial charge in [-0.25, -0.2) is 0 Å². The summed E-state index contributed by atoms with van der Waals surface area (Å²) in [5.41, 5.74) is 12.2. The summed E-state index contributed by atoms with van der Waals surface area (Å²) in [7, 11) is 0. The van der Waals surface area contributed by atoms with Crippen LogP contribution < -0.4 is 11.5 Å². The molecule has 1 rings (SSSR count). The summed E-state index contributed by atoms with van der Waals surface area (Å²) < 4.78 is 0. The predicted octanol–water partition coefficient (Wildman–Crippen LogP) is 0.566. The molecule has 3 heteroatoms. The minimum Gasteiger partial charge on any atom is -0.400 e. The largest absolute Gasteiger partial charge is 0.400 e. The maximum absolute atomic E-state index is 8.67. The Kier molecular flexibility index (Phi) is 1.79. The molecule has 3 nitrogen and oxygen atoms in total. The van der Waals surface area contributed by atoms with Gasteiger partial charge in [-0.3, -0.25) is 0 Å². The van der Waals surface area contributed by atoms with Crippen LogP contribution in [-0.4, -0.2) is 5.54 Å². The van der Waals surface area contributed by atoms with Crippen molar-refractivity contribution in [2.75, 3.05) is 0 Å². The van der Waals surface area contributed by atoms with Crippen molar-refractivity contribution in [2.24, 2.45) is 11.5 Å². The van der Waals surface area contributed by atoms with Crippen LogP contribution in [0.3, 0.4) is 0 Å². The maximum atomic E-state index is 8.67. The first kappa shape index (κ1) is 8.57. The molecule has 1 aliphatic carbocycles. The smallest absolute Gasteiger partial charge is 0.101 e. The molecule has 0 unspecified atom stereocenters. The third-order valence-electron chi connectivity index (χ3n) is 1.96. The summed E-state index contributed by atoms with van der Waals surface area (Å²) in [6, 6.07) is 2.04. The lowest BCUT2D eigenvalue weighted by Crippen LogP contribution is -2.33. The lowest BCUT2D eigenvalue weighted by Gasteiger charge is -2.10. The number of hydrogen-bond acceptors (Lipinski definition) is 3. The minimum atomic E-state index is -0.725. The van der Waals surface area contributed by atoms with E-state index in [1.807, 2.05) is 6.07 Å². The zero-order valence-corrected chi connectivity index (χ0v) is 6.96. The normalized spacial score (nSPS) is 27.4. The summed E-state index contributed by atoms with van der Waals surface area (Å²) in [6.45, 7) is 5.34. The Morgan fingerprint density at radius 1 is 1.83 bits per heavy atom. The van der Waals surface area contributed by atoms with E-state index < -0.39 is 5.54 Å². The lowest BCUT2D eigenvalue weighted by atomic mass is 10.0. The van der Waals surface area contributed by atoms with Crippen molar-refractivity contribution in [1.82, 2.24) is 0 Å². The Hall–Kier alpha value is -1.53. The van der Waals surface area contributed by atoms with Crippen molar-refractivity contribution in [3.8, 4) is 6.07 Å². The summed E-state index contributed by atoms with van der Waals surface area (Å²) in [5.74, 6) is 0. The SMILES string of the molecule is C=C(N)[C@@]1(N)C=C1/C(C#N)=C\C. The fourth-order valence-electron chi connectivity index (χ4n) is 1.04. The molecule has 12 heavy (non-hydrogen) atoms. The van der Waals surface area contributed by atoms with E-state index in [0.29, 0.717) is 11.3 Å². The van der Waals surface area contributed by atoms with E-state index >= 15 is 0 Å². The molecule has 1 atom stereocenters. The van der Waals surface area contributed by atoms with Crippen molar-refractivity contribution >= 4 is 0 Å². The first-order chi connectivity index (χ1) is 5.56. The van der Waals surface area contributed by atoms with Crippen LogP contribution in [0.15, 0.2) is 35.6 Å². The number of rotatable bonds is 2. The maximum Gasteiger partial charge on any atom is 0.101 e. The predicted molar refractivity (Wildman–Crippen MR) is 47.7 cm³/mol. The van der Waals surface area contributed by atoms with E-state index in [1.165, 1.54) is 0 Å². The van der Waals surface area contributed by atoms with Crippen molar-refractivity contribution in [2.45, 2.75) is 12.5 Å². The second kappa shape index (κ2) is 2.50. The van der Waals surface area contributed by atoms with Crippen molar-refractivity contribution < 1.29 is 0 Å². The molecule has 0 aromatic carbocycles. The molecule has 4 N–H and O–H groups in total. The molecule has 0 amide bonds. The van der Waals surface area contributed by atoms with Crippen LogP contribution in [0.2, 0.25) is 0 Å². The Balaban J connectivity index is 2.83. The van der Waals surface area contributed by atoms with Gasteiger partial charge in [0.15, 0.2) is 0 Å².